The molecule has 0 atom stereocenters. The van der Waals surface area contributed by atoms with Gasteiger partial charge in [-0.1, -0.05) is 6.07 Å². The summed E-state index contributed by atoms with van der Waals surface area (Å²) < 4.78 is 7.42. The summed E-state index contributed by atoms with van der Waals surface area (Å²) >= 11 is 0. The Hall–Kier alpha value is -2.04. The van der Waals surface area contributed by atoms with Gasteiger partial charge in [-0.15, -0.1) is 0 Å². The maximum absolute atomic E-state index is 5.66. The van der Waals surface area contributed by atoms with Gasteiger partial charge in [-0.05, 0) is 26.0 Å². The Morgan fingerprint density at radius 2 is 2.18 bits per heavy atom. The summed E-state index contributed by atoms with van der Waals surface area (Å²) in [7, 11) is 0. The molecule has 5 heteroatoms. The lowest BCUT2D eigenvalue weighted by molar-refractivity contribution is 0.289. The molecule has 0 unspecified atom stereocenters. The number of hydrogen-bond acceptors (Lipinski definition) is 4. The van der Waals surface area contributed by atoms with Crippen molar-refractivity contribution in [3.8, 4) is 5.75 Å². The first-order valence-electron chi connectivity index (χ1n) is 5.51. The number of rotatable bonds is 4. The van der Waals surface area contributed by atoms with Crippen LogP contribution in [-0.2, 0) is 6.54 Å². The quantitative estimate of drug-likeness (QED) is 0.812. The van der Waals surface area contributed by atoms with Gasteiger partial charge in [-0.2, -0.15) is 5.10 Å². The van der Waals surface area contributed by atoms with Gasteiger partial charge in [0.25, 0.3) is 0 Å². The zero-order valence-electron chi connectivity index (χ0n) is 10.1. The van der Waals surface area contributed by atoms with E-state index < -0.39 is 0 Å². The van der Waals surface area contributed by atoms with E-state index in [1.165, 1.54) is 0 Å². The third-order valence-corrected chi connectivity index (χ3v) is 2.39. The van der Waals surface area contributed by atoms with E-state index in [2.05, 4.69) is 10.1 Å². The number of nitrogen functional groups attached to an aromatic ring is 1. The third-order valence-electron chi connectivity index (χ3n) is 2.39. The molecule has 0 radical (unpaired) electrons. The van der Waals surface area contributed by atoms with Gasteiger partial charge in [0, 0.05) is 11.8 Å². The fourth-order valence-corrected chi connectivity index (χ4v) is 1.63. The maximum atomic E-state index is 5.66. The Balaban J connectivity index is 1.89. The van der Waals surface area contributed by atoms with Crippen molar-refractivity contribution in [3.05, 3.63) is 35.9 Å². The van der Waals surface area contributed by atoms with E-state index in [1.54, 1.807) is 6.07 Å². The summed E-state index contributed by atoms with van der Waals surface area (Å²) in [5.74, 6) is 2.46. The van der Waals surface area contributed by atoms with Crippen LogP contribution < -0.4 is 10.5 Å². The van der Waals surface area contributed by atoms with Crippen LogP contribution in [0.15, 0.2) is 24.3 Å². The lowest BCUT2D eigenvalue weighted by atomic mass is 10.3. The van der Waals surface area contributed by atoms with E-state index in [0.29, 0.717) is 18.8 Å². The van der Waals surface area contributed by atoms with Crippen LogP contribution in [0.25, 0.3) is 0 Å². The highest BCUT2D eigenvalue weighted by Crippen LogP contribution is 2.14. The maximum Gasteiger partial charge on any atom is 0.147 e. The Bertz CT molecular complexity index is 507. The molecule has 0 spiro atoms. The predicted octanol–water partition coefficient (Wildman–Crippen LogP) is 1.56. The van der Waals surface area contributed by atoms with Crippen molar-refractivity contribution in [2.24, 2.45) is 0 Å². The minimum atomic E-state index is 0.549. The molecule has 0 bridgehead atoms. The minimum absolute atomic E-state index is 0.549. The van der Waals surface area contributed by atoms with Crippen LogP contribution in [0.4, 0.5) is 5.69 Å². The summed E-state index contributed by atoms with van der Waals surface area (Å²) in [5.41, 5.74) is 6.37. The lowest BCUT2D eigenvalue weighted by Gasteiger charge is -2.07. The number of anilines is 1. The lowest BCUT2D eigenvalue weighted by Crippen LogP contribution is -2.11. The zero-order valence-corrected chi connectivity index (χ0v) is 10.1. The molecule has 0 amide bonds. The first-order valence-corrected chi connectivity index (χ1v) is 5.51. The van der Waals surface area contributed by atoms with E-state index in [4.69, 9.17) is 10.5 Å². The predicted molar refractivity (Wildman–Crippen MR) is 65.8 cm³/mol. The molecule has 2 rings (SSSR count). The van der Waals surface area contributed by atoms with Crippen LogP contribution in [0.1, 0.15) is 11.6 Å². The van der Waals surface area contributed by atoms with Gasteiger partial charge in [0.2, 0.25) is 0 Å². The Morgan fingerprint density at radius 1 is 1.35 bits per heavy atom. The Kier molecular flexibility index (Phi) is 3.27. The molecule has 2 aromatic rings. The molecular formula is C12H16N4O. The Morgan fingerprint density at radius 3 is 2.82 bits per heavy atom. The standard InChI is InChI=1S/C12H16N4O/c1-9-14-10(2)16(15-9)6-7-17-12-5-3-4-11(13)8-12/h3-5,8H,6-7,13H2,1-2H3. The molecule has 0 aliphatic heterocycles. The Labute approximate surface area is 100 Å². The molecule has 17 heavy (non-hydrogen) atoms. The van der Waals surface area contributed by atoms with Crippen molar-refractivity contribution in [3.63, 3.8) is 0 Å². The average molecular weight is 232 g/mol. The number of ether oxygens (including phenoxy) is 1. The molecular weight excluding hydrogens is 216 g/mol. The number of nitrogens with two attached hydrogens (primary N) is 1. The average Bonchev–Trinajstić information content (AvgIpc) is 2.58. The summed E-state index contributed by atoms with van der Waals surface area (Å²) in [6.07, 6.45) is 0. The van der Waals surface area contributed by atoms with Gasteiger partial charge in [0.1, 0.15) is 24.0 Å². The van der Waals surface area contributed by atoms with Gasteiger partial charge >= 0.3 is 0 Å². The second-order valence-electron chi connectivity index (χ2n) is 3.85. The molecule has 2 N–H and O–H groups in total. The fraction of sp³-hybridized carbons (Fsp3) is 0.333. The van der Waals surface area contributed by atoms with Crippen LogP contribution >= 0.6 is 0 Å². The molecule has 1 heterocycles. The van der Waals surface area contributed by atoms with Crippen molar-refractivity contribution in [2.75, 3.05) is 12.3 Å². The second-order valence-corrected chi connectivity index (χ2v) is 3.85. The second kappa shape index (κ2) is 4.86. The summed E-state index contributed by atoms with van der Waals surface area (Å²) in [6.45, 7) is 5.04. The fourth-order valence-electron chi connectivity index (χ4n) is 1.63. The topological polar surface area (TPSA) is 66.0 Å². The van der Waals surface area contributed by atoms with Crippen LogP contribution in [0.2, 0.25) is 0 Å². The van der Waals surface area contributed by atoms with Gasteiger partial charge in [0.15, 0.2) is 0 Å². The molecule has 0 aliphatic rings. The van der Waals surface area contributed by atoms with Crippen LogP contribution in [0.3, 0.4) is 0 Å². The smallest absolute Gasteiger partial charge is 0.147 e. The number of hydrogen-bond donors (Lipinski definition) is 1. The number of nitrogens with zero attached hydrogens (tertiary/aromatic N) is 3. The molecule has 0 fully saturated rings. The van der Waals surface area contributed by atoms with Crippen LogP contribution in [0, 0.1) is 13.8 Å². The van der Waals surface area contributed by atoms with E-state index in [9.17, 15) is 0 Å². The number of aromatic nitrogens is 3. The van der Waals surface area contributed by atoms with Crippen LogP contribution in [0.5, 0.6) is 5.75 Å². The van der Waals surface area contributed by atoms with Gasteiger partial charge < -0.3 is 10.5 Å². The molecule has 5 nitrogen and oxygen atoms in total. The molecule has 90 valence electrons. The van der Waals surface area contributed by atoms with E-state index in [1.807, 2.05) is 36.7 Å². The van der Waals surface area contributed by atoms with Crippen molar-refractivity contribution < 1.29 is 4.74 Å². The summed E-state index contributed by atoms with van der Waals surface area (Å²) in [4.78, 5) is 4.23. The van der Waals surface area contributed by atoms with Crippen LogP contribution in [-0.4, -0.2) is 21.4 Å². The molecule has 0 aliphatic carbocycles. The first kappa shape index (κ1) is 11.4. The SMILES string of the molecule is Cc1nc(C)n(CCOc2cccc(N)c2)n1. The molecule has 1 aromatic heterocycles. The van der Waals surface area contributed by atoms with Crippen molar-refractivity contribution in [2.45, 2.75) is 20.4 Å². The van der Waals surface area contributed by atoms with Crippen molar-refractivity contribution >= 4 is 5.69 Å². The van der Waals surface area contributed by atoms with E-state index in [0.717, 1.165) is 17.4 Å². The minimum Gasteiger partial charge on any atom is -0.492 e. The van der Waals surface area contributed by atoms with Crippen molar-refractivity contribution in [1.82, 2.24) is 14.8 Å². The van der Waals surface area contributed by atoms with E-state index in [-0.39, 0.29) is 0 Å². The summed E-state index contributed by atoms with van der Waals surface area (Å²) in [6, 6.07) is 7.39. The van der Waals surface area contributed by atoms with Gasteiger partial charge in [-0.25, -0.2) is 9.67 Å². The highest BCUT2D eigenvalue weighted by molar-refractivity contribution is 5.43. The molecule has 1 aromatic carbocycles. The third kappa shape index (κ3) is 2.96. The monoisotopic (exact) mass is 232 g/mol. The van der Waals surface area contributed by atoms with Gasteiger partial charge in [0.05, 0.1) is 6.54 Å². The molecule has 0 saturated carbocycles. The first-order chi connectivity index (χ1) is 8.15. The van der Waals surface area contributed by atoms with E-state index >= 15 is 0 Å². The highest BCUT2D eigenvalue weighted by atomic mass is 16.5. The normalized spacial score (nSPS) is 10.5. The van der Waals surface area contributed by atoms with Crippen molar-refractivity contribution in [1.29, 1.82) is 0 Å². The highest BCUT2D eigenvalue weighted by Gasteiger charge is 2.02. The number of aryl methyl sites for hydroxylation is 2. The summed E-state index contributed by atoms with van der Waals surface area (Å²) in [5, 5.41) is 4.26. The zero-order chi connectivity index (χ0) is 12.3. The number of benzene rings is 1. The molecule has 0 saturated heterocycles. The largest absolute Gasteiger partial charge is 0.492 e. The van der Waals surface area contributed by atoms with Gasteiger partial charge in [-0.3, -0.25) is 0 Å².